The summed E-state index contributed by atoms with van der Waals surface area (Å²) in [5.74, 6) is 0.319. The van der Waals surface area contributed by atoms with E-state index < -0.39 is 0 Å². The Bertz CT molecular complexity index is 676. The number of H-pyrrole nitrogens is 1. The van der Waals surface area contributed by atoms with Crippen molar-refractivity contribution in [2.24, 2.45) is 0 Å². The average molecular weight is 339 g/mol. The van der Waals surface area contributed by atoms with Gasteiger partial charge in [-0.15, -0.1) is 0 Å². The molecule has 2 aromatic rings. The molecule has 106 valence electrons. The zero-order chi connectivity index (χ0) is 14.9. The molecule has 1 atom stereocenters. The van der Waals surface area contributed by atoms with Crippen LogP contribution in [0.2, 0.25) is 0 Å². The van der Waals surface area contributed by atoms with Gasteiger partial charge in [-0.25, -0.2) is 0 Å². The van der Waals surface area contributed by atoms with Crippen molar-refractivity contribution in [3.8, 4) is 0 Å². The van der Waals surface area contributed by atoms with Gasteiger partial charge in [0.1, 0.15) is 11.3 Å². The number of aryl methyl sites for hydroxylation is 1. The first-order valence-corrected chi connectivity index (χ1v) is 6.91. The van der Waals surface area contributed by atoms with E-state index in [1.165, 1.54) is 11.1 Å². The largest absolute Gasteiger partial charge is 0.467 e. The van der Waals surface area contributed by atoms with E-state index in [2.05, 4.69) is 20.9 Å². The zero-order valence-electron chi connectivity index (χ0n) is 11.4. The fraction of sp³-hybridized carbons (Fsp3) is 0.286. The van der Waals surface area contributed by atoms with Gasteiger partial charge < -0.3 is 14.3 Å². The molecule has 0 unspecified atom stereocenters. The highest BCUT2D eigenvalue weighted by atomic mass is 79.9. The standard InChI is InChI=1S/C14H15BrN2O3/c1-8-12(15)13(18)10(7-16-8)14(19)17(3)9(2)11-5-4-6-20-11/h4-7,9H,1-3H3,(H,16,18)/t9-/m0/s1. The van der Waals surface area contributed by atoms with E-state index in [0.717, 1.165) is 0 Å². The monoisotopic (exact) mass is 338 g/mol. The SMILES string of the molecule is Cc1[nH]cc(C(=O)N(C)[C@@H](C)c2ccco2)c(=O)c1Br. The Labute approximate surface area is 124 Å². The van der Waals surface area contributed by atoms with Gasteiger partial charge in [-0.05, 0) is 41.9 Å². The molecule has 0 aliphatic heterocycles. The Morgan fingerprint density at radius 2 is 2.20 bits per heavy atom. The highest BCUT2D eigenvalue weighted by Crippen LogP contribution is 2.20. The number of carbonyl (C=O) groups excluding carboxylic acids is 1. The lowest BCUT2D eigenvalue weighted by Crippen LogP contribution is -2.33. The highest BCUT2D eigenvalue weighted by molar-refractivity contribution is 9.10. The molecule has 0 aromatic carbocycles. The molecule has 0 saturated heterocycles. The van der Waals surface area contributed by atoms with Crippen molar-refractivity contribution < 1.29 is 9.21 Å². The third kappa shape index (κ3) is 2.56. The molecular formula is C14H15BrN2O3. The number of pyridine rings is 1. The molecule has 0 spiro atoms. The zero-order valence-corrected chi connectivity index (χ0v) is 13.0. The summed E-state index contributed by atoms with van der Waals surface area (Å²) in [4.78, 5) is 28.9. The number of rotatable bonds is 3. The maximum Gasteiger partial charge on any atom is 0.259 e. The van der Waals surface area contributed by atoms with Crippen LogP contribution in [0.25, 0.3) is 0 Å². The van der Waals surface area contributed by atoms with E-state index in [-0.39, 0.29) is 22.9 Å². The second kappa shape index (κ2) is 5.66. The molecule has 0 aliphatic rings. The van der Waals surface area contributed by atoms with Crippen LogP contribution in [-0.4, -0.2) is 22.8 Å². The molecule has 2 rings (SSSR count). The van der Waals surface area contributed by atoms with E-state index in [4.69, 9.17) is 4.42 Å². The third-order valence-electron chi connectivity index (χ3n) is 3.29. The van der Waals surface area contributed by atoms with E-state index >= 15 is 0 Å². The molecule has 2 heterocycles. The number of carbonyl (C=O) groups is 1. The lowest BCUT2D eigenvalue weighted by molar-refractivity contribution is 0.0724. The Hall–Kier alpha value is -1.82. The van der Waals surface area contributed by atoms with Crippen molar-refractivity contribution in [3.63, 3.8) is 0 Å². The van der Waals surface area contributed by atoms with Gasteiger partial charge in [0.05, 0.1) is 16.8 Å². The predicted molar refractivity (Wildman–Crippen MR) is 78.7 cm³/mol. The number of aromatic amines is 1. The first-order chi connectivity index (χ1) is 9.43. The highest BCUT2D eigenvalue weighted by Gasteiger charge is 2.23. The molecule has 5 nitrogen and oxygen atoms in total. The fourth-order valence-corrected chi connectivity index (χ4v) is 2.17. The summed E-state index contributed by atoms with van der Waals surface area (Å²) in [6.45, 7) is 3.60. The van der Waals surface area contributed by atoms with Gasteiger partial charge in [-0.3, -0.25) is 9.59 Å². The Balaban J connectivity index is 2.32. The number of nitrogens with zero attached hydrogens (tertiary/aromatic N) is 1. The van der Waals surface area contributed by atoms with Crippen molar-refractivity contribution in [2.45, 2.75) is 19.9 Å². The lowest BCUT2D eigenvalue weighted by Gasteiger charge is -2.23. The smallest absolute Gasteiger partial charge is 0.259 e. The van der Waals surface area contributed by atoms with Crippen LogP contribution in [0, 0.1) is 6.92 Å². The summed E-state index contributed by atoms with van der Waals surface area (Å²) in [6, 6.07) is 3.31. The first kappa shape index (κ1) is 14.6. The maximum absolute atomic E-state index is 12.4. The summed E-state index contributed by atoms with van der Waals surface area (Å²) in [5, 5.41) is 0. The maximum atomic E-state index is 12.4. The van der Waals surface area contributed by atoms with Gasteiger partial charge in [-0.1, -0.05) is 0 Å². The van der Waals surface area contributed by atoms with Gasteiger partial charge in [-0.2, -0.15) is 0 Å². The Morgan fingerprint density at radius 1 is 1.50 bits per heavy atom. The van der Waals surface area contributed by atoms with Crippen molar-refractivity contribution in [1.29, 1.82) is 0 Å². The molecule has 1 amide bonds. The van der Waals surface area contributed by atoms with Crippen molar-refractivity contribution >= 4 is 21.8 Å². The van der Waals surface area contributed by atoms with Crippen molar-refractivity contribution in [3.05, 3.63) is 56.3 Å². The number of hydrogen-bond acceptors (Lipinski definition) is 3. The van der Waals surface area contributed by atoms with Crippen LogP contribution >= 0.6 is 15.9 Å². The summed E-state index contributed by atoms with van der Waals surface area (Å²) < 4.78 is 5.66. The van der Waals surface area contributed by atoms with Gasteiger partial charge in [0.2, 0.25) is 5.43 Å². The van der Waals surface area contributed by atoms with Crippen LogP contribution in [0.15, 0.2) is 38.3 Å². The lowest BCUT2D eigenvalue weighted by atomic mass is 10.1. The molecule has 2 aromatic heterocycles. The molecule has 0 bridgehead atoms. The first-order valence-electron chi connectivity index (χ1n) is 6.11. The molecule has 0 saturated carbocycles. The summed E-state index contributed by atoms with van der Waals surface area (Å²) in [7, 11) is 1.64. The number of furan rings is 1. The minimum absolute atomic E-state index is 0.100. The molecule has 0 aliphatic carbocycles. The topological polar surface area (TPSA) is 66.3 Å². The van der Waals surface area contributed by atoms with Crippen LogP contribution in [-0.2, 0) is 0 Å². The van der Waals surface area contributed by atoms with E-state index in [9.17, 15) is 9.59 Å². The quantitative estimate of drug-likeness (QED) is 0.935. The fourth-order valence-electron chi connectivity index (χ4n) is 1.84. The van der Waals surface area contributed by atoms with Crippen LogP contribution in [0.4, 0.5) is 0 Å². The van der Waals surface area contributed by atoms with E-state index in [0.29, 0.717) is 15.9 Å². The Morgan fingerprint density at radius 3 is 2.80 bits per heavy atom. The van der Waals surface area contributed by atoms with Crippen LogP contribution in [0.1, 0.15) is 34.8 Å². The normalized spacial score (nSPS) is 12.2. The minimum Gasteiger partial charge on any atom is -0.467 e. The molecule has 1 N–H and O–H groups in total. The summed E-state index contributed by atoms with van der Waals surface area (Å²) in [5.41, 5.74) is 0.474. The molecule has 0 radical (unpaired) electrons. The molecule has 20 heavy (non-hydrogen) atoms. The number of hydrogen-bond donors (Lipinski definition) is 1. The third-order valence-corrected chi connectivity index (χ3v) is 4.25. The second-order valence-corrected chi connectivity index (χ2v) is 5.37. The number of halogens is 1. The van der Waals surface area contributed by atoms with Crippen LogP contribution < -0.4 is 5.43 Å². The minimum atomic E-state index is -0.351. The average Bonchev–Trinajstić information content (AvgIpc) is 2.97. The predicted octanol–water partition coefficient (Wildman–Crippen LogP) is 2.87. The van der Waals surface area contributed by atoms with E-state index in [1.807, 2.05) is 6.92 Å². The summed E-state index contributed by atoms with van der Waals surface area (Å²) >= 11 is 3.19. The van der Waals surface area contributed by atoms with Gasteiger partial charge in [0.25, 0.3) is 5.91 Å². The molecule has 0 fully saturated rings. The van der Waals surface area contributed by atoms with Crippen molar-refractivity contribution in [1.82, 2.24) is 9.88 Å². The van der Waals surface area contributed by atoms with Crippen LogP contribution in [0.5, 0.6) is 0 Å². The van der Waals surface area contributed by atoms with Gasteiger partial charge in [0, 0.05) is 18.9 Å². The second-order valence-electron chi connectivity index (χ2n) is 4.58. The number of nitrogens with one attached hydrogen (secondary N) is 1. The van der Waals surface area contributed by atoms with E-state index in [1.54, 1.807) is 32.4 Å². The number of aromatic nitrogens is 1. The molecular weight excluding hydrogens is 324 g/mol. The summed E-state index contributed by atoms with van der Waals surface area (Å²) in [6.07, 6.45) is 3.00. The van der Waals surface area contributed by atoms with Crippen molar-refractivity contribution in [2.75, 3.05) is 7.05 Å². The Kier molecular flexibility index (Phi) is 4.13. The molecule has 6 heteroatoms. The van der Waals surface area contributed by atoms with Crippen LogP contribution in [0.3, 0.4) is 0 Å². The number of amides is 1. The van der Waals surface area contributed by atoms with Gasteiger partial charge >= 0.3 is 0 Å². The van der Waals surface area contributed by atoms with Gasteiger partial charge in [0.15, 0.2) is 0 Å².